The fraction of sp³-hybridized carbons (Fsp3) is 0.158. The van der Waals surface area contributed by atoms with Gasteiger partial charge in [0.25, 0.3) is 10.0 Å². The number of carbonyl (C=O) groups is 1. The standard InChI is InChI=1S/C19H14F5N3O3S/c1-2-18(28)26-31(29,30)13-7-8-15(14(21)9-13)27-16(10-17(25-27)19(22,23)24)11-3-5-12(20)6-4-11/h3-10H,2H2,1H3,(H,26,28). The summed E-state index contributed by atoms with van der Waals surface area (Å²) in [6.45, 7) is 1.42. The van der Waals surface area contributed by atoms with Crippen molar-refractivity contribution in [2.24, 2.45) is 0 Å². The first kappa shape index (κ1) is 22.4. The van der Waals surface area contributed by atoms with Crippen LogP contribution in [0.1, 0.15) is 19.0 Å². The molecule has 0 radical (unpaired) electrons. The number of amides is 1. The zero-order valence-corrected chi connectivity index (χ0v) is 16.6. The average Bonchev–Trinajstić information content (AvgIpc) is 3.13. The van der Waals surface area contributed by atoms with Crippen LogP contribution in [0.25, 0.3) is 16.9 Å². The molecule has 0 atom stereocenters. The van der Waals surface area contributed by atoms with Gasteiger partial charge in [-0.15, -0.1) is 0 Å². The molecule has 1 heterocycles. The molecule has 164 valence electrons. The second-order valence-corrected chi connectivity index (χ2v) is 8.01. The SMILES string of the molecule is CCC(=O)NS(=O)(=O)c1ccc(-n2nc(C(F)(F)F)cc2-c2ccc(F)cc2)c(F)c1. The second kappa shape index (κ2) is 8.10. The Labute approximate surface area is 173 Å². The van der Waals surface area contributed by atoms with E-state index in [0.717, 1.165) is 24.3 Å². The van der Waals surface area contributed by atoms with Crippen LogP contribution >= 0.6 is 0 Å². The molecule has 0 bridgehead atoms. The van der Waals surface area contributed by atoms with Crippen LogP contribution in [0.4, 0.5) is 22.0 Å². The van der Waals surface area contributed by atoms with Crippen molar-refractivity contribution in [3.05, 3.63) is 65.9 Å². The fourth-order valence-electron chi connectivity index (χ4n) is 2.64. The highest BCUT2D eigenvalue weighted by atomic mass is 32.2. The second-order valence-electron chi connectivity index (χ2n) is 6.33. The lowest BCUT2D eigenvalue weighted by Gasteiger charge is -2.11. The summed E-state index contributed by atoms with van der Waals surface area (Å²) in [6.07, 6.45) is -4.97. The third kappa shape index (κ3) is 4.74. The van der Waals surface area contributed by atoms with E-state index in [0.29, 0.717) is 16.8 Å². The van der Waals surface area contributed by atoms with Crippen molar-refractivity contribution in [1.29, 1.82) is 0 Å². The van der Waals surface area contributed by atoms with E-state index in [2.05, 4.69) is 5.10 Å². The summed E-state index contributed by atoms with van der Waals surface area (Å²) in [6, 6.07) is 7.49. The number of benzene rings is 2. The molecule has 2 aromatic carbocycles. The van der Waals surface area contributed by atoms with Gasteiger partial charge in [0.2, 0.25) is 5.91 Å². The molecule has 0 unspecified atom stereocenters. The number of sulfonamides is 1. The van der Waals surface area contributed by atoms with Gasteiger partial charge in [0.05, 0.1) is 10.6 Å². The number of nitrogens with one attached hydrogen (secondary N) is 1. The van der Waals surface area contributed by atoms with Crippen LogP contribution in [-0.2, 0) is 21.0 Å². The molecule has 0 aliphatic carbocycles. The van der Waals surface area contributed by atoms with Gasteiger partial charge in [0.1, 0.15) is 17.3 Å². The molecule has 31 heavy (non-hydrogen) atoms. The Morgan fingerprint density at radius 3 is 2.26 bits per heavy atom. The molecule has 0 saturated heterocycles. The minimum Gasteiger partial charge on any atom is -0.274 e. The molecule has 12 heteroatoms. The Morgan fingerprint density at radius 1 is 1.06 bits per heavy atom. The lowest BCUT2D eigenvalue weighted by atomic mass is 10.1. The van der Waals surface area contributed by atoms with E-state index in [4.69, 9.17) is 0 Å². The Morgan fingerprint density at radius 2 is 1.71 bits per heavy atom. The van der Waals surface area contributed by atoms with Gasteiger partial charge in [-0.05, 0) is 48.5 Å². The van der Waals surface area contributed by atoms with Crippen molar-refractivity contribution >= 4 is 15.9 Å². The van der Waals surface area contributed by atoms with Crippen LogP contribution in [0.5, 0.6) is 0 Å². The van der Waals surface area contributed by atoms with Crippen LogP contribution in [0, 0.1) is 11.6 Å². The predicted molar refractivity (Wildman–Crippen MR) is 99.5 cm³/mol. The van der Waals surface area contributed by atoms with Gasteiger partial charge in [0, 0.05) is 12.0 Å². The van der Waals surface area contributed by atoms with Crippen molar-refractivity contribution < 1.29 is 35.2 Å². The molecular formula is C19H14F5N3O3S. The van der Waals surface area contributed by atoms with Crippen LogP contribution in [0.3, 0.4) is 0 Å². The predicted octanol–water partition coefficient (Wildman–Crippen LogP) is 4.05. The summed E-state index contributed by atoms with van der Waals surface area (Å²) in [5, 5.41) is 3.40. The first-order valence-electron chi connectivity index (χ1n) is 8.71. The number of rotatable bonds is 5. The van der Waals surface area contributed by atoms with Gasteiger partial charge in [-0.2, -0.15) is 18.3 Å². The highest BCUT2D eigenvalue weighted by molar-refractivity contribution is 7.90. The molecule has 0 aliphatic heterocycles. The van der Waals surface area contributed by atoms with Gasteiger partial charge >= 0.3 is 6.18 Å². The van der Waals surface area contributed by atoms with Crippen molar-refractivity contribution in [1.82, 2.24) is 14.5 Å². The van der Waals surface area contributed by atoms with Crippen molar-refractivity contribution in [3.63, 3.8) is 0 Å². The van der Waals surface area contributed by atoms with Gasteiger partial charge < -0.3 is 0 Å². The van der Waals surface area contributed by atoms with Gasteiger partial charge in [-0.3, -0.25) is 4.79 Å². The summed E-state index contributed by atoms with van der Waals surface area (Å²) in [7, 11) is -4.37. The molecule has 0 spiro atoms. The molecule has 1 N–H and O–H groups in total. The van der Waals surface area contributed by atoms with Crippen LogP contribution in [0.2, 0.25) is 0 Å². The van der Waals surface area contributed by atoms with Crippen LogP contribution < -0.4 is 4.72 Å². The van der Waals surface area contributed by atoms with E-state index < -0.39 is 50.0 Å². The lowest BCUT2D eigenvalue weighted by Crippen LogP contribution is -2.29. The first-order chi connectivity index (χ1) is 14.4. The first-order valence-corrected chi connectivity index (χ1v) is 10.2. The number of nitrogens with zero attached hydrogens (tertiary/aromatic N) is 2. The minimum absolute atomic E-state index is 0.121. The molecule has 0 saturated carbocycles. The lowest BCUT2D eigenvalue weighted by molar-refractivity contribution is -0.141. The van der Waals surface area contributed by atoms with Crippen molar-refractivity contribution in [2.45, 2.75) is 24.4 Å². The Kier molecular flexibility index (Phi) is 5.85. The highest BCUT2D eigenvalue weighted by Crippen LogP contribution is 2.34. The topological polar surface area (TPSA) is 81.1 Å². The minimum atomic E-state index is -4.84. The Hall–Kier alpha value is -3.28. The highest BCUT2D eigenvalue weighted by Gasteiger charge is 2.35. The molecule has 3 rings (SSSR count). The normalized spacial score (nSPS) is 12.1. The molecule has 1 aromatic heterocycles. The largest absolute Gasteiger partial charge is 0.435 e. The molecule has 6 nitrogen and oxygen atoms in total. The van der Waals surface area contributed by atoms with Crippen molar-refractivity contribution in [3.8, 4) is 16.9 Å². The van der Waals surface area contributed by atoms with Gasteiger partial charge in [-0.25, -0.2) is 26.6 Å². The summed E-state index contributed by atoms with van der Waals surface area (Å²) in [5.74, 6) is -2.64. The van der Waals surface area contributed by atoms with Crippen molar-refractivity contribution in [2.75, 3.05) is 0 Å². The number of hydrogen-bond acceptors (Lipinski definition) is 4. The zero-order valence-electron chi connectivity index (χ0n) is 15.7. The summed E-state index contributed by atoms with van der Waals surface area (Å²) in [4.78, 5) is 10.8. The molecule has 0 fully saturated rings. The molecule has 1 amide bonds. The fourth-order valence-corrected chi connectivity index (χ4v) is 3.70. The quantitative estimate of drug-likeness (QED) is 0.584. The monoisotopic (exact) mass is 459 g/mol. The van der Waals surface area contributed by atoms with E-state index >= 15 is 0 Å². The third-order valence-electron chi connectivity index (χ3n) is 4.17. The molecule has 3 aromatic rings. The zero-order chi connectivity index (χ0) is 23.0. The van der Waals surface area contributed by atoms with E-state index in [-0.39, 0.29) is 17.7 Å². The number of hydrogen-bond donors (Lipinski definition) is 1. The summed E-state index contributed by atoms with van der Waals surface area (Å²) in [5.41, 5.74) is -1.87. The maximum absolute atomic E-state index is 14.8. The molecular weight excluding hydrogens is 445 g/mol. The van der Waals surface area contributed by atoms with E-state index in [9.17, 15) is 35.2 Å². The van der Waals surface area contributed by atoms with Crippen LogP contribution in [-0.4, -0.2) is 24.1 Å². The van der Waals surface area contributed by atoms with E-state index in [1.807, 2.05) is 0 Å². The Balaban J connectivity index is 2.13. The Bertz CT molecular complexity index is 1240. The van der Waals surface area contributed by atoms with E-state index in [1.165, 1.54) is 19.1 Å². The van der Waals surface area contributed by atoms with Crippen LogP contribution in [0.15, 0.2) is 53.4 Å². The van der Waals surface area contributed by atoms with E-state index in [1.54, 1.807) is 4.72 Å². The number of carbonyl (C=O) groups excluding carboxylic acids is 1. The number of aromatic nitrogens is 2. The summed E-state index contributed by atoms with van der Waals surface area (Å²) >= 11 is 0. The number of alkyl halides is 3. The van der Waals surface area contributed by atoms with Gasteiger partial charge in [-0.1, -0.05) is 6.92 Å². The summed E-state index contributed by atoms with van der Waals surface area (Å²) < 4.78 is 94.3. The van der Waals surface area contributed by atoms with Gasteiger partial charge in [0.15, 0.2) is 5.69 Å². The molecule has 0 aliphatic rings. The third-order valence-corrected chi connectivity index (χ3v) is 5.54. The smallest absolute Gasteiger partial charge is 0.274 e. The maximum Gasteiger partial charge on any atom is 0.435 e. The average molecular weight is 459 g/mol. The number of halogens is 5. The maximum atomic E-state index is 14.8.